The van der Waals surface area contributed by atoms with Crippen LogP contribution in [0.25, 0.3) is 0 Å². The fourth-order valence-electron chi connectivity index (χ4n) is 3.23. The molecule has 172 valence electrons. The molecule has 0 aromatic heterocycles. The molecule has 1 unspecified atom stereocenters. The number of anilines is 1. The second-order valence-corrected chi connectivity index (χ2v) is 9.53. The molecule has 1 heterocycles. The minimum absolute atomic E-state index is 0.0143. The SMILES string of the molecule is COc1cccc(N2CC(C(=O)OCCOc3ccc(S(=O)(=O)N(C)C)cc3)CC2=O)c1. The van der Waals surface area contributed by atoms with Crippen molar-refractivity contribution in [2.75, 3.05) is 45.9 Å². The highest BCUT2D eigenvalue weighted by Gasteiger charge is 2.36. The minimum atomic E-state index is -3.50. The predicted octanol–water partition coefficient (Wildman–Crippen LogP) is 1.92. The number of nitrogens with zero attached hydrogens (tertiary/aromatic N) is 2. The molecule has 1 saturated heterocycles. The monoisotopic (exact) mass is 462 g/mol. The smallest absolute Gasteiger partial charge is 0.311 e. The molecule has 1 aliphatic heterocycles. The molecule has 0 saturated carbocycles. The van der Waals surface area contributed by atoms with Gasteiger partial charge in [-0.25, -0.2) is 12.7 Å². The van der Waals surface area contributed by atoms with E-state index in [4.69, 9.17) is 14.2 Å². The van der Waals surface area contributed by atoms with Crippen molar-refractivity contribution in [3.8, 4) is 11.5 Å². The van der Waals surface area contributed by atoms with Crippen LogP contribution in [0.4, 0.5) is 5.69 Å². The molecule has 10 heteroatoms. The molecule has 1 fully saturated rings. The van der Waals surface area contributed by atoms with E-state index in [2.05, 4.69) is 0 Å². The molecule has 1 atom stereocenters. The number of ether oxygens (including phenoxy) is 3. The molecular weight excluding hydrogens is 436 g/mol. The van der Waals surface area contributed by atoms with E-state index >= 15 is 0 Å². The number of esters is 1. The van der Waals surface area contributed by atoms with Crippen molar-refractivity contribution >= 4 is 27.6 Å². The first-order valence-corrected chi connectivity index (χ1v) is 11.4. The minimum Gasteiger partial charge on any atom is -0.497 e. The molecule has 1 amide bonds. The van der Waals surface area contributed by atoms with Crippen LogP contribution in [0.2, 0.25) is 0 Å². The van der Waals surface area contributed by atoms with E-state index in [1.165, 1.54) is 26.2 Å². The maximum absolute atomic E-state index is 12.4. The summed E-state index contributed by atoms with van der Waals surface area (Å²) in [5.74, 6) is -0.0713. The fraction of sp³-hybridized carbons (Fsp3) is 0.364. The Morgan fingerprint density at radius 1 is 1.09 bits per heavy atom. The second kappa shape index (κ2) is 10.0. The molecule has 3 rings (SSSR count). The van der Waals surface area contributed by atoms with Gasteiger partial charge in [0, 0.05) is 38.8 Å². The first-order valence-electron chi connectivity index (χ1n) is 9.99. The van der Waals surface area contributed by atoms with Crippen LogP contribution in [0.15, 0.2) is 53.4 Å². The van der Waals surface area contributed by atoms with Gasteiger partial charge in [-0.3, -0.25) is 9.59 Å². The van der Waals surface area contributed by atoms with Gasteiger partial charge in [-0.05, 0) is 36.4 Å². The largest absolute Gasteiger partial charge is 0.497 e. The third-order valence-electron chi connectivity index (χ3n) is 5.02. The van der Waals surface area contributed by atoms with Crippen LogP contribution in [-0.4, -0.2) is 65.6 Å². The Kier molecular flexibility index (Phi) is 7.37. The van der Waals surface area contributed by atoms with E-state index in [0.29, 0.717) is 17.2 Å². The fourth-order valence-corrected chi connectivity index (χ4v) is 4.13. The molecule has 0 aliphatic carbocycles. The Bertz CT molecular complexity index is 1070. The van der Waals surface area contributed by atoms with Gasteiger partial charge in [-0.15, -0.1) is 0 Å². The number of hydrogen-bond acceptors (Lipinski definition) is 7. The third kappa shape index (κ3) is 5.38. The van der Waals surface area contributed by atoms with E-state index in [1.54, 1.807) is 48.4 Å². The molecule has 0 spiro atoms. The summed E-state index contributed by atoms with van der Waals surface area (Å²) in [4.78, 5) is 26.4. The Morgan fingerprint density at radius 3 is 2.47 bits per heavy atom. The van der Waals surface area contributed by atoms with Gasteiger partial charge in [0.15, 0.2) is 0 Å². The average Bonchev–Trinajstić information content (AvgIpc) is 3.18. The lowest BCUT2D eigenvalue weighted by Crippen LogP contribution is -2.27. The zero-order chi connectivity index (χ0) is 23.3. The standard InChI is InChI=1S/C22H26N2O7S/c1-23(2)32(27,28)20-9-7-18(8-10-20)30-11-12-31-22(26)16-13-21(25)24(15-16)17-5-4-6-19(14-17)29-3/h4-10,14,16H,11-13,15H2,1-3H3. The average molecular weight is 463 g/mol. The van der Waals surface area contributed by atoms with Crippen LogP contribution in [0.1, 0.15) is 6.42 Å². The normalized spacial score (nSPS) is 16.3. The zero-order valence-corrected chi connectivity index (χ0v) is 19.0. The molecule has 0 radical (unpaired) electrons. The number of carbonyl (C=O) groups excluding carboxylic acids is 2. The van der Waals surface area contributed by atoms with Gasteiger partial charge in [0.2, 0.25) is 15.9 Å². The number of methoxy groups -OCH3 is 1. The Hall–Kier alpha value is -3.11. The summed E-state index contributed by atoms with van der Waals surface area (Å²) in [6.07, 6.45) is 0.0821. The van der Waals surface area contributed by atoms with Gasteiger partial charge < -0.3 is 19.1 Å². The summed E-state index contributed by atoms with van der Waals surface area (Å²) < 4.78 is 41.2. The molecule has 1 aliphatic rings. The topological polar surface area (TPSA) is 102 Å². The lowest BCUT2D eigenvalue weighted by molar-refractivity contribution is -0.149. The van der Waals surface area contributed by atoms with Gasteiger partial charge in [-0.1, -0.05) is 6.07 Å². The zero-order valence-electron chi connectivity index (χ0n) is 18.2. The van der Waals surface area contributed by atoms with Gasteiger partial charge in [0.1, 0.15) is 24.7 Å². The lowest BCUT2D eigenvalue weighted by Gasteiger charge is -2.17. The Morgan fingerprint density at radius 2 is 1.81 bits per heavy atom. The van der Waals surface area contributed by atoms with Crippen LogP contribution in [-0.2, 0) is 24.3 Å². The molecule has 9 nitrogen and oxygen atoms in total. The van der Waals surface area contributed by atoms with Crippen molar-refractivity contribution in [1.29, 1.82) is 0 Å². The van der Waals surface area contributed by atoms with Crippen LogP contribution in [0.3, 0.4) is 0 Å². The highest BCUT2D eigenvalue weighted by molar-refractivity contribution is 7.89. The molecule has 32 heavy (non-hydrogen) atoms. The van der Waals surface area contributed by atoms with Crippen LogP contribution in [0, 0.1) is 5.92 Å². The molecule has 2 aromatic carbocycles. The maximum atomic E-state index is 12.4. The third-order valence-corrected chi connectivity index (χ3v) is 6.85. The highest BCUT2D eigenvalue weighted by Crippen LogP contribution is 2.28. The predicted molar refractivity (Wildman–Crippen MR) is 117 cm³/mol. The molecule has 0 bridgehead atoms. The van der Waals surface area contributed by atoms with Gasteiger partial charge in [0.25, 0.3) is 0 Å². The van der Waals surface area contributed by atoms with Gasteiger partial charge in [0.05, 0.1) is 17.9 Å². The number of hydrogen-bond donors (Lipinski definition) is 0. The summed E-state index contributed by atoms with van der Waals surface area (Å²) in [6, 6.07) is 13.1. The van der Waals surface area contributed by atoms with Crippen molar-refractivity contribution in [1.82, 2.24) is 4.31 Å². The van der Waals surface area contributed by atoms with Crippen molar-refractivity contribution in [3.63, 3.8) is 0 Å². The number of sulfonamides is 1. The van der Waals surface area contributed by atoms with Crippen molar-refractivity contribution in [3.05, 3.63) is 48.5 Å². The van der Waals surface area contributed by atoms with E-state index in [-0.39, 0.29) is 37.0 Å². The summed E-state index contributed by atoms with van der Waals surface area (Å²) in [7, 11) is 0.967. The number of rotatable bonds is 9. The van der Waals surface area contributed by atoms with Crippen LogP contribution in [0.5, 0.6) is 11.5 Å². The van der Waals surface area contributed by atoms with E-state index < -0.39 is 21.9 Å². The first kappa shape index (κ1) is 23.6. The van der Waals surface area contributed by atoms with Gasteiger partial charge in [-0.2, -0.15) is 0 Å². The van der Waals surface area contributed by atoms with Crippen LogP contribution >= 0.6 is 0 Å². The first-order chi connectivity index (χ1) is 15.2. The van der Waals surface area contributed by atoms with E-state index in [9.17, 15) is 18.0 Å². The summed E-state index contributed by atoms with van der Waals surface area (Å²) in [6.45, 7) is 0.361. The number of benzene rings is 2. The van der Waals surface area contributed by atoms with E-state index in [0.717, 1.165) is 4.31 Å². The summed E-state index contributed by atoms with van der Waals surface area (Å²) in [5, 5.41) is 0. The molecule has 0 N–H and O–H groups in total. The highest BCUT2D eigenvalue weighted by atomic mass is 32.2. The quantitative estimate of drug-likeness (QED) is 0.414. The second-order valence-electron chi connectivity index (χ2n) is 7.38. The Balaban J connectivity index is 1.47. The summed E-state index contributed by atoms with van der Waals surface area (Å²) >= 11 is 0. The number of amides is 1. The lowest BCUT2D eigenvalue weighted by atomic mass is 10.1. The van der Waals surface area contributed by atoms with Crippen molar-refractivity contribution < 1.29 is 32.2 Å². The Labute approximate surface area is 187 Å². The number of carbonyl (C=O) groups is 2. The van der Waals surface area contributed by atoms with Crippen molar-refractivity contribution in [2.45, 2.75) is 11.3 Å². The van der Waals surface area contributed by atoms with Crippen molar-refractivity contribution in [2.24, 2.45) is 5.92 Å². The maximum Gasteiger partial charge on any atom is 0.311 e. The van der Waals surface area contributed by atoms with Gasteiger partial charge >= 0.3 is 5.97 Å². The van der Waals surface area contributed by atoms with E-state index in [1.807, 2.05) is 0 Å². The molecule has 2 aromatic rings. The van der Waals surface area contributed by atoms with Crippen LogP contribution < -0.4 is 14.4 Å². The summed E-state index contributed by atoms with van der Waals surface area (Å²) in [5.41, 5.74) is 0.674. The molecular formula is C22H26N2O7S.